The maximum atomic E-state index is 13.7. The number of halogens is 5. The van der Waals surface area contributed by atoms with E-state index in [9.17, 15) is 31.5 Å². The second kappa shape index (κ2) is 4.89. The van der Waals surface area contributed by atoms with Gasteiger partial charge in [-0.1, -0.05) is 6.92 Å². The monoisotopic (exact) mass is 348 g/mol. The van der Waals surface area contributed by atoms with Crippen LogP contribution in [0.1, 0.15) is 13.3 Å². The van der Waals surface area contributed by atoms with Crippen molar-refractivity contribution in [1.29, 1.82) is 0 Å². The van der Waals surface area contributed by atoms with E-state index in [1.807, 2.05) is 5.32 Å². The summed E-state index contributed by atoms with van der Waals surface area (Å²) in [5.74, 6) is -5.94. The van der Waals surface area contributed by atoms with Crippen molar-refractivity contribution in [3.63, 3.8) is 0 Å². The van der Waals surface area contributed by atoms with Gasteiger partial charge >= 0.3 is 6.18 Å². The summed E-state index contributed by atoms with van der Waals surface area (Å²) < 4.78 is 68.3. The van der Waals surface area contributed by atoms with Crippen LogP contribution in [0.15, 0.2) is 12.1 Å². The van der Waals surface area contributed by atoms with Gasteiger partial charge in [-0.05, 0) is 0 Å². The number of anilines is 1. The van der Waals surface area contributed by atoms with Gasteiger partial charge in [-0.3, -0.25) is 19.5 Å². The number of carbonyl (C=O) groups is 2. The van der Waals surface area contributed by atoms with Gasteiger partial charge in [0.1, 0.15) is 0 Å². The Kier molecular flexibility index (Phi) is 3.29. The summed E-state index contributed by atoms with van der Waals surface area (Å²) in [6.07, 6.45) is -5.58. The lowest BCUT2D eigenvalue weighted by atomic mass is 10.1. The number of rotatable bonds is 2. The number of benzene rings is 1. The fourth-order valence-electron chi connectivity index (χ4n) is 2.52. The van der Waals surface area contributed by atoms with Gasteiger partial charge in [-0.2, -0.15) is 13.2 Å². The molecule has 3 rings (SSSR count). The van der Waals surface area contributed by atoms with Crippen molar-refractivity contribution < 1.29 is 31.5 Å². The van der Waals surface area contributed by atoms with Gasteiger partial charge in [0, 0.05) is 18.6 Å². The summed E-state index contributed by atoms with van der Waals surface area (Å²) in [6, 6.07) is 1.09. The number of nitrogens with one attached hydrogen (secondary N) is 2. The number of imidazole rings is 1. The molecule has 1 atom stereocenters. The van der Waals surface area contributed by atoms with Crippen LogP contribution in [0.3, 0.4) is 0 Å². The molecule has 2 aromatic rings. The van der Waals surface area contributed by atoms with Crippen LogP contribution in [0.4, 0.5) is 27.9 Å². The molecule has 0 saturated heterocycles. The molecule has 24 heavy (non-hydrogen) atoms. The van der Waals surface area contributed by atoms with Crippen LogP contribution in [0, 0.1) is 11.6 Å². The van der Waals surface area contributed by atoms with Gasteiger partial charge in [0.2, 0.25) is 11.9 Å². The van der Waals surface area contributed by atoms with E-state index in [1.54, 1.807) is 5.32 Å². The molecule has 0 spiro atoms. The summed E-state index contributed by atoms with van der Waals surface area (Å²) in [6.45, 7) is 1.30. The number of amides is 2. The number of alkyl halides is 3. The molecular formula is C13H9F5N4O2. The first-order chi connectivity index (χ1) is 11.1. The van der Waals surface area contributed by atoms with Crippen LogP contribution in [-0.2, 0) is 15.3 Å². The molecule has 0 aliphatic carbocycles. The van der Waals surface area contributed by atoms with E-state index < -0.39 is 46.8 Å². The quantitative estimate of drug-likeness (QED) is 0.815. The van der Waals surface area contributed by atoms with Crippen molar-refractivity contribution in [3.8, 4) is 0 Å². The predicted octanol–water partition coefficient (Wildman–Crippen LogP) is 2.01. The lowest BCUT2D eigenvalue weighted by Gasteiger charge is -2.31. The Hall–Kier alpha value is -2.72. The van der Waals surface area contributed by atoms with Crippen LogP contribution in [0.2, 0.25) is 0 Å². The van der Waals surface area contributed by atoms with Crippen molar-refractivity contribution in [2.24, 2.45) is 0 Å². The number of carbonyl (C=O) groups excluding carboxylic acids is 2. The number of nitrogens with zero attached hydrogens (tertiary/aromatic N) is 2. The minimum absolute atomic E-state index is 0.303. The second-order valence-electron chi connectivity index (χ2n) is 5.09. The molecule has 1 aliphatic heterocycles. The van der Waals surface area contributed by atoms with Crippen molar-refractivity contribution in [1.82, 2.24) is 14.9 Å². The van der Waals surface area contributed by atoms with Gasteiger partial charge in [-0.15, -0.1) is 0 Å². The molecule has 0 fully saturated rings. The molecule has 11 heteroatoms. The van der Waals surface area contributed by atoms with E-state index in [4.69, 9.17) is 0 Å². The average Bonchev–Trinajstić information content (AvgIpc) is 2.94. The Morgan fingerprint density at radius 1 is 1.33 bits per heavy atom. The average molecular weight is 348 g/mol. The van der Waals surface area contributed by atoms with Crippen molar-refractivity contribution in [3.05, 3.63) is 23.8 Å². The lowest BCUT2D eigenvalue weighted by Crippen LogP contribution is -2.63. The fourth-order valence-corrected chi connectivity index (χ4v) is 2.52. The number of hydrogen-bond donors (Lipinski definition) is 2. The lowest BCUT2D eigenvalue weighted by molar-refractivity contribution is -0.217. The van der Waals surface area contributed by atoms with Gasteiger partial charge < -0.3 is 5.32 Å². The Morgan fingerprint density at radius 3 is 2.54 bits per heavy atom. The highest BCUT2D eigenvalue weighted by Gasteiger charge is 2.67. The first kappa shape index (κ1) is 16.1. The minimum Gasteiger partial charge on any atom is -0.317 e. The standard InChI is InChI=1S/C13H9F5N4O2/c1-2-9(23)21-12(13(16,17)18)10(24)20-11-19-7-3-5(14)6(15)4-8(7)22(11)12/h3-4H,2H2,1H3,(H,21,23)(H,19,20,24). The van der Waals surface area contributed by atoms with E-state index in [0.717, 1.165) is 0 Å². The molecule has 6 nitrogen and oxygen atoms in total. The zero-order chi connectivity index (χ0) is 17.9. The number of fused-ring (bicyclic) bond motifs is 3. The van der Waals surface area contributed by atoms with Gasteiger partial charge in [0.15, 0.2) is 11.6 Å². The number of aromatic nitrogens is 2. The van der Waals surface area contributed by atoms with E-state index in [1.165, 1.54) is 6.92 Å². The van der Waals surface area contributed by atoms with Crippen molar-refractivity contribution >= 4 is 28.8 Å². The Labute approximate surface area is 130 Å². The highest BCUT2D eigenvalue weighted by molar-refractivity contribution is 6.05. The Balaban J connectivity index is 2.35. The molecule has 0 bridgehead atoms. The van der Waals surface area contributed by atoms with Crippen LogP contribution in [-0.4, -0.2) is 27.5 Å². The molecule has 2 amide bonds. The van der Waals surface area contributed by atoms with Crippen LogP contribution < -0.4 is 10.6 Å². The van der Waals surface area contributed by atoms with Crippen molar-refractivity contribution in [2.45, 2.75) is 25.2 Å². The SMILES string of the molecule is CCC(=O)NC1(C(F)(F)F)C(=O)Nc2nc3cc(F)c(F)cc3n21. The molecule has 128 valence electrons. The van der Waals surface area contributed by atoms with E-state index >= 15 is 0 Å². The highest BCUT2D eigenvalue weighted by Crippen LogP contribution is 2.44. The van der Waals surface area contributed by atoms with Crippen LogP contribution in [0.5, 0.6) is 0 Å². The molecular weight excluding hydrogens is 339 g/mol. The van der Waals surface area contributed by atoms with Gasteiger partial charge in [-0.25, -0.2) is 13.8 Å². The first-order valence-corrected chi connectivity index (χ1v) is 6.69. The smallest absolute Gasteiger partial charge is 0.317 e. The summed E-state index contributed by atoms with van der Waals surface area (Å²) in [5.41, 5.74) is -4.28. The maximum absolute atomic E-state index is 13.7. The van der Waals surface area contributed by atoms with Gasteiger partial charge in [0.05, 0.1) is 11.0 Å². The molecule has 1 aromatic heterocycles. The maximum Gasteiger partial charge on any atom is 0.440 e. The zero-order valence-electron chi connectivity index (χ0n) is 12.0. The normalized spacial score (nSPS) is 20.2. The van der Waals surface area contributed by atoms with Gasteiger partial charge in [0.25, 0.3) is 11.6 Å². The summed E-state index contributed by atoms with van der Waals surface area (Å²) in [7, 11) is 0. The predicted molar refractivity (Wildman–Crippen MR) is 70.7 cm³/mol. The minimum atomic E-state index is -5.26. The third-order valence-corrected chi connectivity index (χ3v) is 3.64. The molecule has 0 saturated carbocycles. The molecule has 2 heterocycles. The fraction of sp³-hybridized carbons (Fsp3) is 0.308. The van der Waals surface area contributed by atoms with Crippen LogP contribution in [0.25, 0.3) is 11.0 Å². The molecule has 1 aliphatic rings. The van der Waals surface area contributed by atoms with E-state index in [2.05, 4.69) is 4.98 Å². The number of hydrogen-bond acceptors (Lipinski definition) is 3. The third kappa shape index (κ3) is 1.96. The topological polar surface area (TPSA) is 76.0 Å². The molecule has 0 radical (unpaired) electrons. The molecule has 1 aromatic carbocycles. The molecule has 1 unspecified atom stereocenters. The third-order valence-electron chi connectivity index (χ3n) is 3.64. The zero-order valence-corrected chi connectivity index (χ0v) is 12.0. The second-order valence-corrected chi connectivity index (χ2v) is 5.09. The first-order valence-electron chi connectivity index (χ1n) is 6.69. The molecule has 2 N–H and O–H groups in total. The Bertz CT molecular complexity index is 875. The van der Waals surface area contributed by atoms with Crippen LogP contribution >= 0.6 is 0 Å². The highest BCUT2D eigenvalue weighted by atomic mass is 19.4. The van der Waals surface area contributed by atoms with Crippen molar-refractivity contribution in [2.75, 3.05) is 5.32 Å². The Morgan fingerprint density at radius 2 is 1.96 bits per heavy atom. The summed E-state index contributed by atoms with van der Waals surface area (Å²) in [5, 5.41) is 3.52. The summed E-state index contributed by atoms with van der Waals surface area (Å²) >= 11 is 0. The van der Waals surface area contributed by atoms with E-state index in [0.29, 0.717) is 16.7 Å². The van der Waals surface area contributed by atoms with E-state index in [-0.39, 0.29) is 11.9 Å². The largest absolute Gasteiger partial charge is 0.440 e. The summed E-state index contributed by atoms with van der Waals surface area (Å²) in [4.78, 5) is 27.3.